The number of carbonyl (C=O) groups excluding carboxylic acids is 3. The summed E-state index contributed by atoms with van der Waals surface area (Å²) in [6.45, 7) is 10.9. The molecule has 0 aliphatic rings. The zero-order valence-electron chi connectivity index (χ0n) is 23.2. The quantitative estimate of drug-likeness (QED) is 0.220. The van der Waals surface area contributed by atoms with Crippen molar-refractivity contribution < 1.29 is 24.3 Å². The number of nitrogens with two attached hydrogens (primary N) is 1. The summed E-state index contributed by atoms with van der Waals surface area (Å²) in [5.74, 6) is -3.44. The molecule has 210 valence electrons. The van der Waals surface area contributed by atoms with Crippen molar-refractivity contribution in [1.29, 1.82) is 0 Å². The number of carboxylic acids is 1. The fraction of sp³-hybridized carbons (Fsp3) is 0.571. The molecule has 0 spiro atoms. The third-order valence-corrected chi connectivity index (χ3v) is 7.32. The van der Waals surface area contributed by atoms with Crippen LogP contribution in [0.15, 0.2) is 30.5 Å². The van der Waals surface area contributed by atoms with Gasteiger partial charge in [-0.1, -0.05) is 72.6 Å². The Kier molecular flexibility index (Phi) is 11.3. The van der Waals surface area contributed by atoms with Gasteiger partial charge in [0.2, 0.25) is 17.7 Å². The molecular formula is C28H43N5O5. The molecule has 0 aliphatic heterocycles. The number of benzene rings is 1. The summed E-state index contributed by atoms with van der Waals surface area (Å²) in [7, 11) is 0. The van der Waals surface area contributed by atoms with E-state index in [0.717, 1.165) is 16.5 Å². The van der Waals surface area contributed by atoms with E-state index in [9.17, 15) is 24.3 Å². The van der Waals surface area contributed by atoms with Crippen molar-refractivity contribution in [3.8, 4) is 0 Å². The van der Waals surface area contributed by atoms with E-state index in [4.69, 9.17) is 5.73 Å². The lowest BCUT2D eigenvalue weighted by molar-refractivity contribution is -0.144. The van der Waals surface area contributed by atoms with Gasteiger partial charge < -0.3 is 31.8 Å². The first-order valence-corrected chi connectivity index (χ1v) is 13.4. The van der Waals surface area contributed by atoms with E-state index < -0.39 is 47.9 Å². The number of aromatic nitrogens is 1. The third-order valence-electron chi connectivity index (χ3n) is 7.32. The van der Waals surface area contributed by atoms with Crippen molar-refractivity contribution >= 4 is 34.6 Å². The number of aromatic amines is 1. The normalized spacial score (nSPS) is 16.2. The van der Waals surface area contributed by atoms with Crippen LogP contribution in [-0.4, -0.2) is 57.9 Å². The van der Waals surface area contributed by atoms with Crippen molar-refractivity contribution in [2.75, 3.05) is 0 Å². The molecule has 10 nitrogen and oxygen atoms in total. The first-order chi connectivity index (χ1) is 17.9. The molecule has 1 heterocycles. The van der Waals surface area contributed by atoms with E-state index in [2.05, 4.69) is 20.9 Å². The number of carbonyl (C=O) groups is 4. The molecule has 10 heteroatoms. The average Bonchev–Trinajstić information content (AvgIpc) is 3.30. The molecule has 2 rings (SSSR count). The molecule has 0 saturated heterocycles. The molecule has 6 atom stereocenters. The maximum atomic E-state index is 13.6. The highest BCUT2D eigenvalue weighted by Crippen LogP contribution is 2.20. The van der Waals surface area contributed by atoms with Crippen LogP contribution in [0.1, 0.15) is 59.9 Å². The number of aliphatic carboxylic acids is 1. The summed E-state index contributed by atoms with van der Waals surface area (Å²) >= 11 is 0. The zero-order valence-corrected chi connectivity index (χ0v) is 23.2. The number of H-pyrrole nitrogens is 1. The van der Waals surface area contributed by atoms with Crippen LogP contribution in [-0.2, 0) is 25.6 Å². The second-order valence-corrected chi connectivity index (χ2v) is 10.5. The summed E-state index contributed by atoms with van der Waals surface area (Å²) < 4.78 is 0. The Hall–Kier alpha value is -3.40. The van der Waals surface area contributed by atoms with Gasteiger partial charge in [-0.3, -0.25) is 14.4 Å². The molecule has 0 aliphatic carbocycles. The molecule has 1 aromatic carbocycles. The summed E-state index contributed by atoms with van der Waals surface area (Å²) in [5.41, 5.74) is 7.87. The summed E-state index contributed by atoms with van der Waals surface area (Å²) in [6.07, 6.45) is 3.24. The van der Waals surface area contributed by atoms with Crippen molar-refractivity contribution in [3.05, 3.63) is 36.0 Å². The lowest BCUT2D eigenvalue weighted by atomic mass is 9.95. The van der Waals surface area contributed by atoms with Crippen molar-refractivity contribution in [2.24, 2.45) is 23.5 Å². The molecular weight excluding hydrogens is 486 g/mol. The maximum absolute atomic E-state index is 13.6. The first-order valence-electron chi connectivity index (χ1n) is 13.4. The fourth-order valence-electron chi connectivity index (χ4n) is 4.22. The van der Waals surface area contributed by atoms with Crippen molar-refractivity contribution in [3.63, 3.8) is 0 Å². The van der Waals surface area contributed by atoms with Gasteiger partial charge in [0.25, 0.3) is 0 Å². The van der Waals surface area contributed by atoms with E-state index in [1.165, 1.54) is 0 Å². The number of para-hydroxylation sites is 1. The van der Waals surface area contributed by atoms with Crippen LogP contribution in [0.5, 0.6) is 0 Å². The van der Waals surface area contributed by atoms with Crippen LogP contribution in [0.4, 0.5) is 0 Å². The Bertz CT molecular complexity index is 1110. The number of rotatable bonds is 14. The van der Waals surface area contributed by atoms with Crippen LogP contribution in [0.25, 0.3) is 10.9 Å². The minimum atomic E-state index is -1.15. The summed E-state index contributed by atoms with van der Waals surface area (Å²) in [5, 5.41) is 18.6. The van der Waals surface area contributed by atoms with E-state index in [1.807, 2.05) is 52.0 Å². The van der Waals surface area contributed by atoms with E-state index in [0.29, 0.717) is 12.8 Å². The number of fused-ring (bicyclic) bond motifs is 1. The highest BCUT2D eigenvalue weighted by molar-refractivity contribution is 5.95. The second kappa shape index (κ2) is 13.9. The third kappa shape index (κ3) is 7.80. The van der Waals surface area contributed by atoms with Crippen molar-refractivity contribution in [2.45, 2.75) is 85.0 Å². The van der Waals surface area contributed by atoms with Gasteiger partial charge in [0.15, 0.2) is 0 Å². The molecule has 6 unspecified atom stereocenters. The summed E-state index contributed by atoms with van der Waals surface area (Å²) in [6, 6.07) is 3.75. The molecule has 7 N–H and O–H groups in total. The topological polar surface area (TPSA) is 166 Å². The predicted octanol–water partition coefficient (Wildman–Crippen LogP) is 2.32. The SMILES string of the molecule is CCC(C)C(N)C(=O)NC(Cc1c[nH]c2ccccc12)C(=O)NC(C(=O)NC(C(=O)O)C(C)C)C(C)CC. The van der Waals surface area contributed by atoms with Gasteiger partial charge in [-0.2, -0.15) is 0 Å². The molecule has 0 saturated carbocycles. The summed E-state index contributed by atoms with van der Waals surface area (Å²) in [4.78, 5) is 54.6. The highest BCUT2D eigenvalue weighted by Gasteiger charge is 2.34. The minimum Gasteiger partial charge on any atom is -0.480 e. The Labute approximate surface area is 224 Å². The Morgan fingerprint density at radius 3 is 2.05 bits per heavy atom. The smallest absolute Gasteiger partial charge is 0.326 e. The second-order valence-electron chi connectivity index (χ2n) is 10.5. The van der Waals surface area contributed by atoms with Gasteiger partial charge in [-0.15, -0.1) is 0 Å². The van der Waals surface area contributed by atoms with Crippen LogP contribution in [0, 0.1) is 17.8 Å². The Balaban J connectivity index is 2.34. The average molecular weight is 530 g/mol. The highest BCUT2D eigenvalue weighted by atomic mass is 16.4. The van der Waals surface area contributed by atoms with Crippen molar-refractivity contribution in [1.82, 2.24) is 20.9 Å². The standard InChI is InChI=1S/C28H43N5O5/c1-7-16(5)22(29)26(35)31-21(13-18-14-30-20-12-10-9-11-19(18)20)25(34)33-24(17(6)8-2)27(36)32-23(15(3)4)28(37)38/h9-12,14-17,21-24,30H,7-8,13,29H2,1-6H3,(H,31,35)(H,32,36)(H,33,34)(H,37,38). The molecule has 0 bridgehead atoms. The van der Waals surface area contributed by atoms with Gasteiger partial charge >= 0.3 is 5.97 Å². The van der Waals surface area contributed by atoms with Crippen LogP contribution in [0.3, 0.4) is 0 Å². The van der Waals surface area contributed by atoms with Crippen LogP contribution in [0.2, 0.25) is 0 Å². The van der Waals surface area contributed by atoms with Crippen LogP contribution < -0.4 is 21.7 Å². The maximum Gasteiger partial charge on any atom is 0.326 e. The van der Waals surface area contributed by atoms with Gasteiger partial charge in [0.1, 0.15) is 18.1 Å². The monoisotopic (exact) mass is 529 g/mol. The molecule has 1 aromatic heterocycles. The Morgan fingerprint density at radius 2 is 1.47 bits per heavy atom. The van der Waals surface area contributed by atoms with E-state index in [1.54, 1.807) is 20.0 Å². The van der Waals surface area contributed by atoms with Gasteiger partial charge in [0, 0.05) is 23.5 Å². The van der Waals surface area contributed by atoms with E-state index >= 15 is 0 Å². The molecule has 3 amide bonds. The zero-order chi connectivity index (χ0) is 28.6. The van der Waals surface area contributed by atoms with Crippen LogP contribution >= 0.6 is 0 Å². The fourth-order valence-corrected chi connectivity index (χ4v) is 4.22. The largest absolute Gasteiger partial charge is 0.480 e. The number of hydrogen-bond donors (Lipinski definition) is 6. The molecule has 0 radical (unpaired) electrons. The van der Waals surface area contributed by atoms with Gasteiger partial charge in [-0.25, -0.2) is 4.79 Å². The Morgan fingerprint density at radius 1 is 0.868 bits per heavy atom. The number of hydrogen-bond acceptors (Lipinski definition) is 5. The first kappa shape index (κ1) is 30.8. The van der Waals surface area contributed by atoms with Gasteiger partial charge in [0.05, 0.1) is 6.04 Å². The molecule has 0 fully saturated rings. The number of carboxylic acid groups (broad SMARTS) is 1. The number of nitrogens with one attached hydrogen (secondary N) is 4. The molecule has 38 heavy (non-hydrogen) atoms. The minimum absolute atomic E-state index is 0.0885. The van der Waals surface area contributed by atoms with Gasteiger partial charge in [-0.05, 0) is 29.4 Å². The molecule has 2 aromatic rings. The number of amides is 3. The lowest BCUT2D eigenvalue weighted by Gasteiger charge is -2.29. The lowest BCUT2D eigenvalue weighted by Crippen LogP contribution is -2.59. The van der Waals surface area contributed by atoms with E-state index in [-0.39, 0.29) is 24.2 Å². The predicted molar refractivity (Wildman–Crippen MR) is 147 cm³/mol.